The van der Waals surface area contributed by atoms with Crippen LogP contribution in [0.15, 0.2) is 0 Å². The normalized spacial score (nSPS) is 19.2. The molecule has 1 amide bonds. The number of hydrogen-bond acceptors (Lipinski definition) is 3. The van der Waals surface area contributed by atoms with E-state index >= 15 is 0 Å². The maximum atomic E-state index is 12.2. The fourth-order valence-electron chi connectivity index (χ4n) is 2.81. The highest BCUT2D eigenvalue weighted by Gasteiger charge is 2.29. The van der Waals surface area contributed by atoms with Crippen LogP contribution in [0.3, 0.4) is 0 Å². The zero-order valence-electron chi connectivity index (χ0n) is 12.7. The molecule has 1 heterocycles. The summed E-state index contributed by atoms with van der Waals surface area (Å²) in [6.07, 6.45) is 5.07. The van der Waals surface area contributed by atoms with Crippen molar-refractivity contribution in [1.29, 1.82) is 0 Å². The van der Waals surface area contributed by atoms with E-state index in [-0.39, 0.29) is 23.3 Å². The van der Waals surface area contributed by atoms with Crippen LogP contribution in [0.4, 0.5) is 0 Å². The van der Waals surface area contributed by atoms with E-state index in [9.17, 15) is 4.79 Å². The Bertz CT molecular complexity index is 263. The molecule has 1 unspecified atom stereocenters. The van der Waals surface area contributed by atoms with Crippen LogP contribution in [0.25, 0.3) is 0 Å². The lowest BCUT2D eigenvalue weighted by molar-refractivity contribution is -0.124. The lowest BCUT2D eigenvalue weighted by Gasteiger charge is -2.32. The number of ether oxygens (including phenoxy) is 1. The minimum atomic E-state index is -0.382. The molecule has 0 bridgehead atoms. The van der Waals surface area contributed by atoms with Crippen LogP contribution in [0, 0.1) is 11.3 Å². The number of nitrogens with one attached hydrogen (secondary N) is 1. The topological polar surface area (TPSA) is 64.4 Å². The minimum absolute atomic E-state index is 0.00613. The zero-order valence-corrected chi connectivity index (χ0v) is 12.7. The predicted molar refractivity (Wildman–Crippen MR) is 77.8 cm³/mol. The molecule has 1 fully saturated rings. The predicted octanol–water partition coefficient (Wildman–Crippen LogP) is 2.07. The van der Waals surface area contributed by atoms with Crippen LogP contribution in [-0.2, 0) is 9.53 Å². The molecule has 112 valence electrons. The van der Waals surface area contributed by atoms with Gasteiger partial charge in [0.15, 0.2) is 0 Å². The number of carbonyl (C=O) groups excluding carboxylic acids is 1. The summed E-state index contributed by atoms with van der Waals surface area (Å²) in [5.74, 6) is 0.277. The van der Waals surface area contributed by atoms with Crippen molar-refractivity contribution in [3.63, 3.8) is 0 Å². The summed E-state index contributed by atoms with van der Waals surface area (Å²) in [5.41, 5.74) is 6.31. The molecule has 4 nitrogen and oxygen atoms in total. The molecule has 0 aliphatic carbocycles. The van der Waals surface area contributed by atoms with Gasteiger partial charge in [0.25, 0.3) is 0 Å². The van der Waals surface area contributed by atoms with Crippen molar-refractivity contribution in [2.24, 2.45) is 17.1 Å². The Labute approximate surface area is 117 Å². The first kappa shape index (κ1) is 16.4. The number of hydrogen-bond donors (Lipinski definition) is 2. The van der Waals surface area contributed by atoms with Gasteiger partial charge >= 0.3 is 0 Å². The average Bonchev–Trinajstić information content (AvgIpc) is 2.49. The van der Waals surface area contributed by atoms with Crippen LogP contribution in [0.1, 0.15) is 52.9 Å². The van der Waals surface area contributed by atoms with E-state index < -0.39 is 0 Å². The van der Waals surface area contributed by atoms with Gasteiger partial charge in [0.05, 0.1) is 6.04 Å². The summed E-state index contributed by atoms with van der Waals surface area (Å²) in [7, 11) is 0. The van der Waals surface area contributed by atoms with Crippen LogP contribution < -0.4 is 11.1 Å². The van der Waals surface area contributed by atoms with E-state index in [0.29, 0.717) is 0 Å². The number of rotatable bonds is 7. The maximum Gasteiger partial charge on any atom is 0.237 e. The minimum Gasteiger partial charge on any atom is -0.381 e. The SMILES string of the molecule is CCC(CC)(CC)CNC(=O)C(N)C1CCOCC1. The van der Waals surface area contributed by atoms with Gasteiger partial charge in [-0.1, -0.05) is 20.8 Å². The summed E-state index contributed by atoms with van der Waals surface area (Å²) in [6.45, 7) is 8.78. The highest BCUT2D eigenvalue weighted by atomic mass is 16.5. The highest BCUT2D eigenvalue weighted by Crippen LogP contribution is 2.29. The van der Waals surface area contributed by atoms with Crippen molar-refractivity contribution in [2.45, 2.75) is 58.9 Å². The van der Waals surface area contributed by atoms with E-state index in [1.165, 1.54) is 0 Å². The van der Waals surface area contributed by atoms with Crippen molar-refractivity contribution in [3.8, 4) is 0 Å². The summed E-state index contributed by atoms with van der Waals surface area (Å²) >= 11 is 0. The van der Waals surface area contributed by atoms with E-state index in [2.05, 4.69) is 26.1 Å². The Hall–Kier alpha value is -0.610. The molecule has 19 heavy (non-hydrogen) atoms. The molecule has 0 aromatic carbocycles. The van der Waals surface area contributed by atoms with E-state index in [1.54, 1.807) is 0 Å². The van der Waals surface area contributed by atoms with E-state index in [1.807, 2.05) is 0 Å². The lowest BCUT2D eigenvalue weighted by Crippen LogP contribution is -2.49. The van der Waals surface area contributed by atoms with Crippen molar-refractivity contribution in [2.75, 3.05) is 19.8 Å². The molecule has 1 atom stereocenters. The monoisotopic (exact) mass is 270 g/mol. The fourth-order valence-corrected chi connectivity index (χ4v) is 2.81. The molecule has 1 rings (SSSR count). The molecular weight excluding hydrogens is 240 g/mol. The first-order chi connectivity index (χ1) is 9.08. The van der Waals surface area contributed by atoms with Crippen LogP contribution in [0.5, 0.6) is 0 Å². The molecule has 1 aliphatic rings. The van der Waals surface area contributed by atoms with Crippen molar-refractivity contribution >= 4 is 5.91 Å². The van der Waals surface area contributed by atoms with E-state index in [0.717, 1.165) is 51.9 Å². The molecule has 3 N–H and O–H groups in total. The summed E-state index contributed by atoms with van der Waals surface area (Å²) in [5, 5.41) is 3.07. The Morgan fingerprint density at radius 1 is 1.26 bits per heavy atom. The van der Waals surface area contributed by atoms with Crippen LogP contribution in [0.2, 0.25) is 0 Å². The Morgan fingerprint density at radius 3 is 2.26 bits per heavy atom. The second-order valence-corrected chi connectivity index (χ2v) is 5.75. The Kier molecular flexibility index (Phi) is 6.80. The van der Waals surface area contributed by atoms with Crippen LogP contribution in [-0.4, -0.2) is 31.7 Å². The zero-order chi connectivity index (χ0) is 14.3. The van der Waals surface area contributed by atoms with Gasteiger partial charge in [0.2, 0.25) is 5.91 Å². The molecular formula is C15H30N2O2. The Morgan fingerprint density at radius 2 is 1.79 bits per heavy atom. The first-order valence-corrected chi connectivity index (χ1v) is 7.69. The second kappa shape index (κ2) is 7.85. The summed E-state index contributed by atoms with van der Waals surface area (Å²) < 4.78 is 5.31. The Balaban J connectivity index is 2.45. The van der Waals surface area contributed by atoms with Gasteiger partial charge in [-0.05, 0) is 43.4 Å². The van der Waals surface area contributed by atoms with Gasteiger partial charge in [-0.2, -0.15) is 0 Å². The molecule has 1 saturated heterocycles. The third kappa shape index (κ3) is 4.46. The molecule has 0 aromatic heterocycles. The number of nitrogens with two attached hydrogens (primary N) is 1. The van der Waals surface area contributed by atoms with E-state index in [4.69, 9.17) is 10.5 Å². The van der Waals surface area contributed by atoms with Crippen LogP contribution >= 0.6 is 0 Å². The van der Waals surface area contributed by atoms with Gasteiger partial charge in [-0.25, -0.2) is 0 Å². The molecule has 1 aliphatic heterocycles. The number of carbonyl (C=O) groups is 1. The molecule has 0 aromatic rings. The van der Waals surface area contributed by atoms with Crippen molar-refractivity contribution in [1.82, 2.24) is 5.32 Å². The smallest absolute Gasteiger partial charge is 0.237 e. The largest absolute Gasteiger partial charge is 0.381 e. The number of amides is 1. The maximum absolute atomic E-state index is 12.2. The quantitative estimate of drug-likeness (QED) is 0.744. The lowest BCUT2D eigenvalue weighted by atomic mass is 9.79. The third-order valence-corrected chi connectivity index (χ3v) is 4.96. The third-order valence-electron chi connectivity index (χ3n) is 4.96. The molecule has 4 heteroatoms. The van der Waals surface area contributed by atoms with Gasteiger partial charge in [0.1, 0.15) is 0 Å². The van der Waals surface area contributed by atoms with Gasteiger partial charge in [0, 0.05) is 19.8 Å². The summed E-state index contributed by atoms with van der Waals surface area (Å²) in [4.78, 5) is 12.2. The first-order valence-electron chi connectivity index (χ1n) is 7.69. The molecule has 0 spiro atoms. The fraction of sp³-hybridized carbons (Fsp3) is 0.933. The van der Waals surface area contributed by atoms with Crippen molar-refractivity contribution < 1.29 is 9.53 Å². The highest BCUT2D eigenvalue weighted by molar-refractivity contribution is 5.81. The van der Waals surface area contributed by atoms with Gasteiger partial charge in [-0.3, -0.25) is 4.79 Å². The van der Waals surface area contributed by atoms with Crippen molar-refractivity contribution in [3.05, 3.63) is 0 Å². The second-order valence-electron chi connectivity index (χ2n) is 5.75. The summed E-state index contributed by atoms with van der Waals surface area (Å²) in [6, 6.07) is -0.382. The molecule has 0 radical (unpaired) electrons. The standard InChI is InChI=1S/C15H30N2O2/c1-4-15(5-2,6-3)11-17-14(18)13(16)12-7-9-19-10-8-12/h12-13H,4-11,16H2,1-3H3,(H,17,18). The van der Waals surface area contributed by atoms with Gasteiger partial charge in [-0.15, -0.1) is 0 Å². The average molecular weight is 270 g/mol. The van der Waals surface area contributed by atoms with Gasteiger partial charge < -0.3 is 15.8 Å². The molecule has 0 saturated carbocycles.